The average molecular weight is 483 g/mol. The zero-order chi connectivity index (χ0) is 24.9. The summed E-state index contributed by atoms with van der Waals surface area (Å²) >= 11 is 0. The van der Waals surface area contributed by atoms with Crippen LogP contribution in [0.15, 0.2) is 54.6 Å². The molecule has 5 atom stereocenters. The number of hydrogen-bond donors (Lipinski definition) is 4. The Morgan fingerprint density at radius 3 is 2.49 bits per heavy atom. The highest BCUT2D eigenvalue weighted by Crippen LogP contribution is 2.32. The Hall–Kier alpha value is -3.01. The first-order valence-corrected chi connectivity index (χ1v) is 11.7. The number of aromatic nitrogens is 1. The van der Waals surface area contributed by atoms with E-state index in [2.05, 4.69) is 41.8 Å². The predicted molar refractivity (Wildman–Crippen MR) is 131 cm³/mol. The number of benzene rings is 2. The quantitative estimate of drug-likeness (QED) is 0.363. The summed E-state index contributed by atoms with van der Waals surface area (Å²) in [6.07, 6.45) is -1.76. The average Bonchev–Trinajstić information content (AvgIpc) is 2.89. The van der Waals surface area contributed by atoms with Gasteiger partial charge in [-0.3, -0.25) is 0 Å². The third kappa shape index (κ3) is 5.32. The lowest BCUT2D eigenvalue weighted by atomic mass is 9.99. The van der Waals surface area contributed by atoms with Gasteiger partial charge in [0.2, 0.25) is 17.5 Å². The number of methoxy groups -OCH3 is 1. The molecule has 1 fully saturated rings. The molecule has 1 aliphatic rings. The van der Waals surface area contributed by atoms with Crippen LogP contribution in [0.25, 0.3) is 23.1 Å². The zero-order valence-corrected chi connectivity index (χ0v) is 19.8. The number of aliphatic hydroxyl groups excluding tert-OH is 4. The molecular weight excluding hydrogens is 450 g/mol. The highest BCUT2D eigenvalue weighted by molar-refractivity contribution is 5.77. The van der Waals surface area contributed by atoms with Gasteiger partial charge in [0.1, 0.15) is 31.0 Å². The van der Waals surface area contributed by atoms with Crippen molar-refractivity contribution in [3.63, 3.8) is 0 Å². The molecule has 0 radical (unpaired) electrons. The molecule has 0 bridgehead atoms. The number of hydrogen-bond acceptors (Lipinski definition) is 7. The van der Waals surface area contributed by atoms with Gasteiger partial charge in [-0.2, -0.15) is 4.57 Å². The van der Waals surface area contributed by atoms with Crippen LogP contribution in [-0.4, -0.2) is 64.8 Å². The zero-order valence-electron chi connectivity index (χ0n) is 19.8. The molecular formula is C27H32NO7+. The Morgan fingerprint density at radius 2 is 1.74 bits per heavy atom. The summed E-state index contributed by atoms with van der Waals surface area (Å²) in [5, 5.41) is 40.8. The van der Waals surface area contributed by atoms with E-state index in [0.29, 0.717) is 11.5 Å². The lowest BCUT2D eigenvalue weighted by molar-refractivity contribution is -0.673. The van der Waals surface area contributed by atoms with Crippen molar-refractivity contribution >= 4 is 23.1 Å². The lowest BCUT2D eigenvalue weighted by Gasteiger charge is -2.39. The normalized spacial score (nSPS) is 24.7. The molecule has 0 saturated carbocycles. The van der Waals surface area contributed by atoms with Crippen LogP contribution in [0.1, 0.15) is 24.6 Å². The van der Waals surface area contributed by atoms with Gasteiger partial charge in [0.15, 0.2) is 11.5 Å². The first-order chi connectivity index (χ1) is 17.0. The van der Waals surface area contributed by atoms with Gasteiger partial charge in [0.05, 0.1) is 13.7 Å². The van der Waals surface area contributed by atoms with Gasteiger partial charge in [-0.15, -0.1) is 0 Å². The number of para-hydroxylation sites is 1. The number of nitrogens with zero attached hydrogens (tertiary/aromatic N) is 1. The van der Waals surface area contributed by atoms with Gasteiger partial charge in [-0.25, -0.2) is 0 Å². The van der Waals surface area contributed by atoms with E-state index >= 15 is 0 Å². The second-order valence-electron chi connectivity index (χ2n) is 8.53. The second-order valence-corrected chi connectivity index (χ2v) is 8.53. The van der Waals surface area contributed by atoms with E-state index in [4.69, 9.17) is 14.2 Å². The Bertz CT molecular complexity index is 1180. The number of fused-ring (bicyclic) bond motifs is 1. The third-order valence-corrected chi connectivity index (χ3v) is 6.15. The molecule has 8 heteroatoms. The molecule has 1 saturated heterocycles. The Balaban J connectivity index is 1.57. The van der Waals surface area contributed by atoms with Crippen molar-refractivity contribution in [2.75, 3.05) is 13.7 Å². The number of aliphatic hydroxyl groups is 4. The molecule has 3 aromatic rings. The fourth-order valence-corrected chi connectivity index (χ4v) is 4.25. The number of ether oxygens (including phenoxy) is 3. The maximum absolute atomic E-state index is 10.3. The molecule has 4 N–H and O–H groups in total. The van der Waals surface area contributed by atoms with Gasteiger partial charge < -0.3 is 34.6 Å². The summed E-state index contributed by atoms with van der Waals surface area (Å²) in [5.74, 6) is 0.699. The van der Waals surface area contributed by atoms with Crippen molar-refractivity contribution in [1.82, 2.24) is 0 Å². The van der Waals surface area contributed by atoms with Gasteiger partial charge in [0.25, 0.3) is 0 Å². The molecule has 1 aromatic heterocycles. The third-order valence-electron chi connectivity index (χ3n) is 6.15. The number of pyridine rings is 1. The fourth-order valence-electron chi connectivity index (χ4n) is 4.25. The molecule has 35 heavy (non-hydrogen) atoms. The van der Waals surface area contributed by atoms with Gasteiger partial charge >= 0.3 is 0 Å². The van der Waals surface area contributed by atoms with Crippen molar-refractivity contribution in [1.29, 1.82) is 0 Å². The van der Waals surface area contributed by atoms with Crippen LogP contribution >= 0.6 is 0 Å². The standard InChI is InChI=1S/C27H32NO7/c1-3-14-28-19(12-10-18-6-4-5-7-20(18)28)11-8-17-9-13-21(22(15-17)33-2)34-27-26(32)25(31)24(30)23(16-29)35-27/h4-13,15,23-27,29-32H,3,14,16H2,1-2H3/q+1/t23-,24-,25+,26-,27?/m1/s1. The summed E-state index contributed by atoms with van der Waals surface area (Å²) in [4.78, 5) is 0. The molecule has 2 aromatic carbocycles. The van der Waals surface area contributed by atoms with E-state index in [1.165, 1.54) is 18.0 Å². The number of rotatable bonds is 8. The smallest absolute Gasteiger partial charge is 0.229 e. The maximum Gasteiger partial charge on any atom is 0.229 e. The van der Waals surface area contributed by atoms with Crippen LogP contribution in [0.2, 0.25) is 0 Å². The van der Waals surface area contributed by atoms with E-state index in [1.807, 2.05) is 24.3 Å². The van der Waals surface area contributed by atoms with Crippen molar-refractivity contribution < 1.29 is 39.2 Å². The van der Waals surface area contributed by atoms with E-state index < -0.39 is 37.3 Å². The topological polar surface area (TPSA) is 112 Å². The molecule has 1 unspecified atom stereocenters. The molecule has 8 nitrogen and oxygen atoms in total. The Kier molecular flexibility index (Phi) is 8.00. The minimum Gasteiger partial charge on any atom is -0.493 e. The molecule has 0 amide bonds. The first kappa shape index (κ1) is 25.1. The summed E-state index contributed by atoms with van der Waals surface area (Å²) < 4.78 is 19.0. The Morgan fingerprint density at radius 1 is 0.943 bits per heavy atom. The van der Waals surface area contributed by atoms with Crippen molar-refractivity contribution in [3.05, 3.63) is 65.9 Å². The first-order valence-electron chi connectivity index (χ1n) is 11.7. The summed E-state index contributed by atoms with van der Waals surface area (Å²) in [6, 6.07) is 17.8. The molecule has 2 heterocycles. The van der Waals surface area contributed by atoms with Crippen LogP contribution < -0.4 is 14.0 Å². The van der Waals surface area contributed by atoms with Crippen LogP contribution in [0, 0.1) is 0 Å². The molecule has 4 rings (SSSR count). The van der Waals surface area contributed by atoms with Crippen molar-refractivity contribution in [3.8, 4) is 11.5 Å². The fraction of sp³-hybridized carbons (Fsp3) is 0.370. The second kappa shape index (κ2) is 11.2. The van der Waals surface area contributed by atoms with E-state index in [-0.39, 0.29) is 0 Å². The summed E-state index contributed by atoms with van der Waals surface area (Å²) in [7, 11) is 1.50. The van der Waals surface area contributed by atoms with Crippen LogP contribution in [0.5, 0.6) is 11.5 Å². The van der Waals surface area contributed by atoms with Crippen LogP contribution in [0.3, 0.4) is 0 Å². The predicted octanol–water partition coefficient (Wildman–Crippen LogP) is 1.89. The van der Waals surface area contributed by atoms with E-state index in [0.717, 1.165) is 24.2 Å². The van der Waals surface area contributed by atoms with Crippen LogP contribution in [-0.2, 0) is 11.3 Å². The van der Waals surface area contributed by atoms with Gasteiger partial charge in [0, 0.05) is 30.0 Å². The lowest BCUT2D eigenvalue weighted by Crippen LogP contribution is -2.60. The minimum absolute atomic E-state index is 0.292. The maximum atomic E-state index is 10.3. The highest BCUT2D eigenvalue weighted by atomic mass is 16.7. The summed E-state index contributed by atoms with van der Waals surface area (Å²) in [5.41, 5.74) is 3.13. The molecule has 1 aliphatic heterocycles. The van der Waals surface area contributed by atoms with Crippen molar-refractivity contribution in [2.24, 2.45) is 0 Å². The van der Waals surface area contributed by atoms with E-state index in [1.54, 1.807) is 12.1 Å². The van der Waals surface area contributed by atoms with Crippen molar-refractivity contribution in [2.45, 2.75) is 50.6 Å². The highest BCUT2D eigenvalue weighted by Gasteiger charge is 2.44. The van der Waals surface area contributed by atoms with Gasteiger partial charge in [-0.1, -0.05) is 25.1 Å². The molecule has 186 valence electrons. The minimum atomic E-state index is -1.52. The Labute approximate surface area is 204 Å². The summed E-state index contributed by atoms with van der Waals surface area (Å²) in [6.45, 7) is 2.52. The monoisotopic (exact) mass is 482 g/mol. The largest absolute Gasteiger partial charge is 0.493 e. The van der Waals surface area contributed by atoms with Gasteiger partial charge in [-0.05, 0) is 35.9 Å². The van der Waals surface area contributed by atoms with E-state index in [9.17, 15) is 20.4 Å². The SMILES string of the molecule is CCC[n+]1c(C=Cc2ccc(OC3O[C@H](CO)[C@@H](O)[C@H](O)[C@H]3O)c(OC)c2)ccc2ccccc21. The molecule has 0 spiro atoms. The number of aryl methyl sites for hydroxylation is 1. The molecule has 0 aliphatic carbocycles. The van der Waals surface area contributed by atoms with Crippen LogP contribution in [0.4, 0.5) is 0 Å².